The maximum atomic E-state index is 9.23. The summed E-state index contributed by atoms with van der Waals surface area (Å²) >= 11 is 0. The normalized spacial score (nSPS) is 10.5. The maximum absolute atomic E-state index is 9.23. The van der Waals surface area contributed by atoms with E-state index in [1.54, 1.807) is 12.4 Å². The summed E-state index contributed by atoms with van der Waals surface area (Å²) in [5.41, 5.74) is 7.12. The van der Waals surface area contributed by atoms with Crippen LogP contribution in [0.3, 0.4) is 0 Å². The van der Waals surface area contributed by atoms with Gasteiger partial charge in [0, 0.05) is 28.6 Å². The van der Waals surface area contributed by atoms with Crippen LogP contribution in [-0.4, -0.2) is 4.98 Å². The van der Waals surface area contributed by atoms with Gasteiger partial charge in [-0.2, -0.15) is 5.26 Å². The van der Waals surface area contributed by atoms with Crippen molar-refractivity contribution < 1.29 is 0 Å². The predicted octanol–water partition coefficient (Wildman–Crippen LogP) is 2.84. The van der Waals surface area contributed by atoms with Crippen molar-refractivity contribution in [1.29, 1.82) is 5.26 Å². The van der Waals surface area contributed by atoms with Crippen molar-refractivity contribution in [2.45, 2.75) is 0 Å². The van der Waals surface area contributed by atoms with Crippen LogP contribution in [0.4, 0.5) is 5.69 Å². The SMILES string of the molecule is N#Cc1c(N)c2ccncc2c2ccccc12. The van der Waals surface area contributed by atoms with E-state index in [1.807, 2.05) is 30.3 Å². The minimum Gasteiger partial charge on any atom is -0.397 e. The molecule has 1 heterocycles. The number of benzene rings is 2. The van der Waals surface area contributed by atoms with Crippen LogP contribution in [0, 0.1) is 11.3 Å². The van der Waals surface area contributed by atoms with Gasteiger partial charge >= 0.3 is 0 Å². The van der Waals surface area contributed by atoms with Gasteiger partial charge in [0.05, 0.1) is 11.3 Å². The Bertz CT molecular complexity index is 769. The highest BCUT2D eigenvalue weighted by Gasteiger charge is 2.10. The number of nitrogens with zero attached hydrogens (tertiary/aromatic N) is 2. The molecule has 80 valence electrons. The third kappa shape index (κ3) is 1.25. The molecule has 0 amide bonds. The summed E-state index contributed by atoms with van der Waals surface area (Å²) in [4.78, 5) is 4.12. The molecule has 0 aliphatic carbocycles. The molecular formula is C14H9N3. The van der Waals surface area contributed by atoms with Crippen molar-refractivity contribution in [3.05, 3.63) is 48.3 Å². The Labute approximate surface area is 98.1 Å². The second kappa shape index (κ2) is 3.46. The van der Waals surface area contributed by atoms with Gasteiger partial charge in [-0.1, -0.05) is 24.3 Å². The number of nitrogen functional groups attached to an aromatic ring is 1. The average molecular weight is 219 g/mol. The van der Waals surface area contributed by atoms with E-state index >= 15 is 0 Å². The third-order valence-electron chi connectivity index (χ3n) is 2.98. The number of rotatable bonds is 0. The molecule has 3 aromatic rings. The fourth-order valence-electron chi connectivity index (χ4n) is 2.18. The third-order valence-corrected chi connectivity index (χ3v) is 2.98. The Morgan fingerprint density at radius 1 is 1.00 bits per heavy atom. The van der Waals surface area contributed by atoms with Crippen LogP contribution >= 0.6 is 0 Å². The molecule has 0 aliphatic rings. The number of hydrogen-bond acceptors (Lipinski definition) is 3. The van der Waals surface area contributed by atoms with Gasteiger partial charge in [0.25, 0.3) is 0 Å². The zero-order chi connectivity index (χ0) is 11.8. The number of nitrogens with two attached hydrogens (primary N) is 1. The van der Waals surface area contributed by atoms with Gasteiger partial charge in [-0.05, 0) is 11.5 Å². The highest BCUT2D eigenvalue weighted by Crippen LogP contribution is 2.33. The molecule has 3 nitrogen and oxygen atoms in total. The summed E-state index contributed by atoms with van der Waals surface area (Å²) in [7, 11) is 0. The van der Waals surface area contributed by atoms with Crippen LogP contribution in [0.15, 0.2) is 42.7 Å². The van der Waals surface area contributed by atoms with Gasteiger partial charge in [-0.15, -0.1) is 0 Å². The van der Waals surface area contributed by atoms with Crippen molar-refractivity contribution in [2.75, 3.05) is 5.73 Å². The second-order valence-corrected chi connectivity index (χ2v) is 3.87. The molecule has 0 spiro atoms. The minimum atomic E-state index is 0.531. The first-order chi connectivity index (χ1) is 8.33. The van der Waals surface area contributed by atoms with Gasteiger partial charge in [-0.3, -0.25) is 4.98 Å². The molecule has 0 saturated heterocycles. The van der Waals surface area contributed by atoms with Crippen molar-refractivity contribution in [2.24, 2.45) is 0 Å². The van der Waals surface area contributed by atoms with Crippen molar-refractivity contribution in [3.8, 4) is 6.07 Å². The topological polar surface area (TPSA) is 62.7 Å². The summed E-state index contributed by atoms with van der Waals surface area (Å²) in [5, 5.41) is 13.0. The molecule has 3 rings (SSSR count). The van der Waals surface area contributed by atoms with Crippen molar-refractivity contribution >= 4 is 27.2 Å². The Morgan fingerprint density at radius 2 is 1.76 bits per heavy atom. The van der Waals surface area contributed by atoms with E-state index in [0.717, 1.165) is 21.5 Å². The predicted molar refractivity (Wildman–Crippen MR) is 68.4 cm³/mol. The largest absolute Gasteiger partial charge is 0.397 e. The summed E-state index contributed by atoms with van der Waals surface area (Å²) < 4.78 is 0. The van der Waals surface area contributed by atoms with E-state index in [1.165, 1.54) is 0 Å². The van der Waals surface area contributed by atoms with E-state index in [2.05, 4.69) is 11.1 Å². The summed E-state index contributed by atoms with van der Waals surface area (Å²) in [6, 6.07) is 11.8. The lowest BCUT2D eigenvalue weighted by molar-refractivity contribution is 1.37. The minimum absolute atomic E-state index is 0.531. The number of aromatic nitrogens is 1. The van der Waals surface area contributed by atoms with E-state index in [9.17, 15) is 5.26 Å². The first-order valence-corrected chi connectivity index (χ1v) is 5.27. The van der Waals surface area contributed by atoms with Crippen LogP contribution in [0.5, 0.6) is 0 Å². The first kappa shape index (κ1) is 9.61. The quantitative estimate of drug-likeness (QED) is 0.467. The van der Waals surface area contributed by atoms with Gasteiger partial charge < -0.3 is 5.73 Å². The molecular weight excluding hydrogens is 210 g/mol. The first-order valence-electron chi connectivity index (χ1n) is 5.27. The van der Waals surface area contributed by atoms with Crippen LogP contribution in [0.1, 0.15) is 5.56 Å². The van der Waals surface area contributed by atoms with Gasteiger partial charge in [0.15, 0.2) is 0 Å². The van der Waals surface area contributed by atoms with Gasteiger partial charge in [0.2, 0.25) is 0 Å². The molecule has 0 aliphatic heterocycles. The fraction of sp³-hybridized carbons (Fsp3) is 0. The maximum Gasteiger partial charge on any atom is 0.102 e. The van der Waals surface area contributed by atoms with Gasteiger partial charge in [-0.25, -0.2) is 0 Å². The lowest BCUT2D eigenvalue weighted by atomic mass is 9.97. The fourth-order valence-corrected chi connectivity index (χ4v) is 2.18. The highest BCUT2D eigenvalue weighted by atomic mass is 14.6. The summed E-state index contributed by atoms with van der Waals surface area (Å²) in [5.74, 6) is 0. The number of fused-ring (bicyclic) bond motifs is 3. The number of anilines is 1. The Balaban J connectivity index is 2.70. The molecule has 0 bridgehead atoms. The Morgan fingerprint density at radius 3 is 2.53 bits per heavy atom. The molecule has 17 heavy (non-hydrogen) atoms. The van der Waals surface area contributed by atoms with Crippen LogP contribution < -0.4 is 5.73 Å². The van der Waals surface area contributed by atoms with Crippen LogP contribution in [0.25, 0.3) is 21.5 Å². The number of hydrogen-bond donors (Lipinski definition) is 1. The van der Waals surface area contributed by atoms with Crippen molar-refractivity contribution in [1.82, 2.24) is 4.98 Å². The molecule has 3 heteroatoms. The molecule has 2 aromatic carbocycles. The van der Waals surface area contributed by atoms with E-state index < -0.39 is 0 Å². The smallest absolute Gasteiger partial charge is 0.102 e. The van der Waals surface area contributed by atoms with Crippen LogP contribution in [0.2, 0.25) is 0 Å². The lowest BCUT2D eigenvalue weighted by Gasteiger charge is -2.09. The molecule has 0 saturated carbocycles. The monoisotopic (exact) mass is 219 g/mol. The molecule has 0 fully saturated rings. The Hall–Kier alpha value is -2.60. The number of nitriles is 1. The van der Waals surface area contributed by atoms with E-state index in [-0.39, 0.29) is 0 Å². The summed E-state index contributed by atoms with van der Waals surface area (Å²) in [6.45, 7) is 0. The Kier molecular flexibility index (Phi) is 1.96. The van der Waals surface area contributed by atoms with Gasteiger partial charge in [0.1, 0.15) is 6.07 Å². The summed E-state index contributed by atoms with van der Waals surface area (Å²) in [6.07, 6.45) is 3.48. The van der Waals surface area contributed by atoms with Crippen molar-refractivity contribution in [3.63, 3.8) is 0 Å². The van der Waals surface area contributed by atoms with E-state index in [0.29, 0.717) is 11.3 Å². The zero-order valence-corrected chi connectivity index (χ0v) is 9.01. The molecule has 0 unspecified atom stereocenters. The molecule has 1 aromatic heterocycles. The standard InChI is InChI=1S/C14H9N3/c15-7-12-9-3-1-2-4-10(9)13-8-17-6-5-11(13)14(12)16/h1-6,8H,16H2. The lowest BCUT2D eigenvalue weighted by Crippen LogP contribution is -1.94. The highest BCUT2D eigenvalue weighted by molar-refractivity contribution is 6.15. The van der Waals surface area contributed by atoms with Crippen LogP contribution in [-0.2, 0) is 0 Å². The second-order valence-electron chi connectivity index (χ2n) is 3.87. The number of pyridine rings is 1. The average Bonchev–Trinajstić information content (AvgIpc) is 2.40. The molecule has 0 radical (unpaired) electrons. The molecule has 0 atom stereocenters. The molecule has 2 N–H and O–H groups in total. The zero-order valence-electron chi connectivity index (χ0n) is 9.01. The van der Waals surface area contributed by atoms with E-state index in [4.69, 9.17) is 5.73 Å².